The largest absolute Gasteiger partial charge is 0.281 e. The molecular formula is C16H24N6O2S. The summed E-state index contributed by atoms with van der Waals surface area (Å²) in [7, 11) is 1.60. The predicted molar refractivity (Wildman–Crippen MR) is 95.1 cm³/mol. The van der Waals surface area contributed by atoms with Gasteiger partial charge in [0.2, 0.25) is 0 Å². The first-order chi connectivity index (χ1) is 11.8. The molecule has 2 aromatic heterocycles. The zero-order valence-electron chi connectivity index (χ0n) is 15.0. The average Bonchev–Trinajstić information content (AvgIpc) is 3.00. The molecule has 3 heterocycles. The highest BCUT2D eigenvalue weighted by Gasteiger charge is 2.32. The Hall–Kier alpha value is -1.84. The second-order valence-electron chi connectivity index (χ2n) is 6.55. The van der Waals surface area contributed by atoms with Crippen molar-refractivity contribution < 1.29 is 8.42 Å². The number of piperidine rings is 1. The van der Waals surface area contributed by atoms with Gasteiger partial charge in [0.15, 0.2) is 0 Å². The van der Waals surface area contributed by atoms with Gasteiger partial charge in [0.05, 0.1) is 11.4 Å². The molecule has 1 aliphatic rings. The lowest BCUT2D eigenvalue weighted by molar-refractivity contribution is 0.296. The third-order valence-corrected chi connectivity index (χ3v) is 6.44. The summed E-state index contributed by atoms with van der Waals surface area (Å²) < 4.78 is 29.5. The number of rotatable bonds is 4. The Morgan fingerprint density at radius 2 is 2.04 bits per heavy atom. The maximum absolute atomic E-state index is 12.4. The van der Waals surface area contributed by atoms with Crippen molar-refractivity contribution in [2.45, 2.75) is 25.7 Å². The first-order valence-electron chi connectivity index (χ1n) is 8.30. The van der Waals surface area contributed by atoms with Crippen LogP contribution in [0.2, 0.25) is 0 Å². The van der Waals surface area contributed by atoms with Crippen LogP contribution in [0.15, 0.2) is 18.3 Å². The SMILES string of the molecule is Cc1nc(-c2ccnn2C)cc(C2CCCN(S(=O)(=O)N(C)C)C2)n1. The Labute approximate surface area is 148 Å². The predicted octanol–water partition coefficient (Wildman–Crippen LogP) is 1.17. The van der Waals surface area contributed by atoms with Crippen LogP contribution in [-0.2, 0) is 17.3 Å². The van der Waals surface area contributed by atoms with Crippen LogP contribution in [0.1, 0.15) is 30.3 Å². The van der Waals surface area contributed by atoms with Crippen LogP contribution in [0.3, 0.4) is 0 Å². The standard InChI is InChI=1S/C16H24N6O2S/c1-12-18-14(10-15(19-12)16-7-8-17-21(16)4)13-6-5-9-22(11-13)25(23,24)20(2)3/h7-8,10,13H,5-6,9,11H2,1-4H3. The summed E-state index contributed by atoms with van der Waals surface area (Å²) in [6.07, 6.45) is 3.47. The summed E-state index contributed by atoms with van der Waals surface area (Å²) in [6, 6.07) is 3.87. The molecule has 0 saturated carbocycles. The molecule has 0 radical (unpaired) electrons. The lowest BCUT2D eigenvalue weighted by Crippen LogP contribution is -2.45. The lowest BCUT2D eigenvalue weighted by atomic mass is 9.95. The summed E-state index contributed by atoms with van der Waals surface area (Å²) >= 11 is 0. The smallest absolute Gasteiger partial charge is 0.266 e. The van der Waals surface area contributed by atoms with Crippen molar-refractivity contribution in [3.05, 3.63) is 29.8 Å². The number of hydrogen-bond donors (Lipinski definition) is 0. The van der Waals surface area contributed by atoms with E-state index in [1.807, 2.05) is 26.1 Å². The molecule has 0 N–H and O–H groups in total. The number of nitrogens with zero attached hydrogens (tertiary/aromatic N) is 6. The van der Waals surface area contributed by atoms with E-state index in [0.717, 1.165) is 29.9 Å². The molecule has 1 saturated heterocycles. The van der Waals surface area contributed by atoms with Crippen molar-refractivity contribution >= 4 is 10.2 Å². The monoisotopic (exact) mass is 364 g/mol. The summed E-state index contributed by atoms with van der Waals surface area (Å²) in [5, 5.41) is 4.19. The van der Waals surface area contributed by atoms with Gasteiger partial charge in [-0.05, 0) is 31.9 Å². The molecule has 2 aromatic rings. The van der Waals surface area contributed by atoms with Crippen LogP contribution in [0, 0.1) is 6.92 Å². The molecule has 0 amide bonds. The quantitative estimate of drug-likeness (QED) is 0.813. The Morgan fingerprint density at radius 3 is 2.68 bits per heavy atom. The van der Waals surface area contributed by atoms with Gasteiger partial charge in [-0.25, -0.2) is 9.97 Å². The van der Waals surface area contributed by atoms with Gasteiger partial charge in [-0.1, -0.05) is 0 Å². The normalized spacial score (nSPS) is 19.5. The van der Waals surface area contributed by atoms with Crippen molar-refractivity contribution in [2.24, 2.45) is 7.05 Å². The Morgan fingerprint density at radius 1 is 1.28 bits per heavy atom. The number of hydrogen-bond acceptors (Lipinski definition) is 5. The van der Waals surface area contributed by atoms with Gasteiger partial charge < -0.3 is 0 Å². The molecule has 1 aliphatic heterocycles. The lowest BCUT2D eigenvalue weighted by Gasteiger charge is -2.33. The number of aryl methyl sites for hydroxylation is 2. The third-order valence-electron chi connectivity index (χ3n) is 4.53. The van der Waals surface area contributed by atoms with Gasteiger partial charge >= 0.3 is 0 Å². The van der Waals surface area contributed by atoms with Crippen molar-refractivity contribution in [3.8, 4) is 11.4 Å². The zero-order valence-corrected chi connectivity index (χ0v) is 15.9. The fourth-order valence-corrected chi connectivity index (χ4v) is 4.37. The van der Waals surface area contributed by atoms with Crippen molar-refractivity contribution in [2.75, 3.05) is 27.2 Å². The van der Waals surface area contributed by atoms with Crippen molar-refractivity contribution in [1.82, 2.24) is 28.4 Å². The van der Waals surface area contributed by atoms with Crippen LogP contribution < -0.4 is 0 Å². The van der Waals surface area contributed by atoms with Crippen molar-refractivity contribution in [3.63, 3.8) is 0 Å². The molecule has 8 nitrogen and oxygen atoms in total. The molecule has 3 rings (SSSR count). The summed E-state index contributed by atoms with van der Waals surface area (Å²) in [4.78, 5) is 9.10. The Bertz CT molecular complexity index is 861. The molecule has 136 valence electrons. The first kappa shape index (κ1) is 18.0. The van der Waals surface area contributed by atoms with E-state index in [9.17, 15) is 8.42 Å². The van der Waals surface area contributed by atoms with E-state index in [1.54, 1.807) is 29.3 Å². The molecule has 0 aromatic carbocycles. The van der Waals surface area contributed by atoms with E-state index in [2.05, 4.69) is 15.1 Å². The van der Waals surface area contributed by atoms with E-state index >= 15 is 0 Å². The van der Waals surface area contributed by atoms with Crippen molar-refractivity contribution in [1.29, 1.82) is 0 Å². The molecule has 1 unspecified atom stereocenters. The first-order valence-corrected chi connectivity index (χ1v) is 9.70. The van der Waals surface area contributed by atoms with Crippen LogP contribution >= 0.6 is 0 Å². The second-order valence-corrected chi connectivity index (χ2v) is 8.70. The van der Waals surface area contributed by atoms with Gasteiger partial charge in [-0.3, -0.25) is 4.68 Å². The molecule has 9 heteroatoms. The molecule has 1 fully saturated rings. The average molecular weight is 364 g/mol. The van der Waals surface area contributed by atoms with Crippen LogP contribution in [-0.4, -0.2) is 64.0 Å². The van der Waals surface area contributed by atoms with E-state index in [-0.39, 0.29) is 5.92 Å². The van der Waals surface area contributed by atoms with E-state index in [1.165, 1.54) is 4.31 Å². The molecule has 25 heavy (non-hydrogen) atoms. The fourth-order valence-electron chi connectivity index (χ4n) is 3.18. The minimum atomic E-state index is -3.40. The van der Waals surface area contributed by atoms with Gasteiger partial charge in [-0.15, -0.1) is 0 Å². The maximum atomic E-state index is 12.4. The molecule has 1 atom stereocenters. The van der Waals surface area contributed by atoms with E-state index in [0.29, 0.717) is 18.9 Å². The highest BCUT2D eigenvalue weighted by Crippen LogP contribution is 2.29. The third kappa shape index (κ3) is 3.58. The van der Waals surface area contributed by atoms with Crippen LogP contribution in [0.25, 0.3) is 11.4 Å². The molecule has 0 bridgehead atoms. The van der Waals surface area contributed by atoms with Crippen LogP contribution in [0.5, 0.6) is 0 Å². The van der Waals surface area contributed by atoms with Crippen LogP contribution in [0.4, 0.5) is 0 Å². The fraction of sp³-hybridized carbons (Fsp3) is 0.562. The topological polar surface area (TPSA) is 84.2 Å². The summed E-state index contributed by atoms with van der Waals surface area (Å²) in [6.45, 7) is 2.86. The zero-order chi connectivity index (χ0) is 18.2. The highest BCUT2D eigenvalue weighted by atomic mass is 32.2. The van der Waals surface area contributed by atoms with E-state index in [4.69, 9.17) is 0 Å². The van der Waals surface area contributed by atoms with Gasteiger partial charge in [-0.2, -0.15) is 22.1 Å². The summed E-state index contributed by atoms with van der Waals surface area (Å²) in [5.41, 5.74) is 2.62. The van der Waals surface area contributed by atoms with Gasteiger partial charge in [0, 0.05) is 52.0 Å². The molecule has 0 aliphatic carbocycles. The van der Waals surface area contributed by atoms with Gasteiger partial charge in [0.1, 0.15) is 5.82 Å². The maximum Gasteiger partial charge on any atom is 0.281 e. The molecule has 0 spiro atoms. The van der Waals surface area contributed by atoms with E-state index < -0.39 is 10.2 Å². The minimum absolute atomic E-state index is 0.0668. The highest BCUT2D eigenvalue weighted by molar-refractivity contribution is 7.86. The molecular weight excluding hydrogens is 340 g/mol. The second kappa shape index (κ2) is 6.81. The summed E-state index contributed by atoms with van der Waals surface area (Å²) in [5.74, 6) is 0.749. The Kier molecular flexibility index (Phi) is 4.90. The number of aromatic nitrogens is 4. The Balaban J connectivity index is 1.91. The van der Waals surface area contributed by atoms with Gasteiger partial charge in [0.25, 0.3) is 10.2 Å². The minimum Gasteiger partial charge on any atom is -0.266 e.